The molecule has 0 fully saturated rings. The highest BCUT2D eigenvalue weighted by Gasteiger charge is 2.10. The monoisotopic (exact) mass is 352 g/mol. The molecule has 2 N–H and O–H groups in total. The molecule has 1 aromatic heterocycles. The summed E-state index contributed by atoms with van der Waals surface area (Å²) in [6.45, 7) is 4.83. The van der Waals surface area contributed by atoms with Gasteiger partial charge in [0.15, 0.2) is 0 Å². The van der Waals surface area contributed by atoms with Gasteiger partial charge in [0.25, 0.3) is 5.91 Å². The van der Waals surface area contributed by atoms with Crippen molar-refractivity contribution in [1.82, 2.24) is 15.3 Å². The fourth-order valence-electron chi connectivity index (χ4n) is 1.82. The predicted molar refractivity (Wildman–Crippen MR) is 93.6 cm³/mol. The molecule has 1 amide bonds. The number of nitrogens with one attached hydrogen (secondary N) is 2. The first-order valence-electron chi connectivity index (χ1n) is 7.29. The molecule has 5 nitrogen and oxygen atoms in total. The van der Waals surface area contributed by atoms with Crippen LogP contribution in [0.15, 0.2) is 30.5 Å². The van der Waals surface area contributed by atoms with Crippen molar-refractivity contribution >= 4 is 40.7 Å². The van der Waals surface area contributed by atoms with E-state index < -0.39 is 0 Å². The van der Waals surface area contributed by atoms with Crippen LogP contribution in [0.25, 0.3) is 0 Å². The van der Waals surface area contributed by atoms with E-state index in [1.54, 1.807) is 24.3 Å². The molecule has 0 unspecified atom stereocenters. The summed E-state index contributed by atoms with van der Waals surface area (Å²) in [6, 6.07) is 6.62. The van der Waals surface area contributed by atoms with Crippen molar-refractivity contribution in [1.29, 1.82) is 0 Å². The molecule has 0 saturated carbocycles. The van der Waals surface area contributed by atoms with Gasteiger partial charge in [-0.1, -0.05) is 37.0 Å². The Morgan fingerprint density at radius 2 is 2.04 bits per heavy atom. The molecule has 0 radical (unpaired) electrons. The second kappa shape index (κ2) is 8.13. The number of carbonyl (C=O) groups excluding carboxylic acids is 1. The second-order valence-corrected chi connectivity index (χ2v) is 6.30. The molecule has 2 rings (SSSR count). The Morgan fingerprint density at radius 3 is 2.74 bits per heavy atom. The van der Waals surface area contributed by atoms with Gasteiger partial charge in [-0.05, 0) is 36.6 Å². The van der Waals surface area contributed by atoms with E-state index >= 15 is 0 Å². The maximum absolute atomic E-state index is 12.1. The predicted octanol–water partition coefficient (Wildman–Crippen LogP) is 4.30. The van der Waals surface area contributed by atoms with Gasteiger partial charge < -0.3 is 10.6 Å². The molecule has 0 aliphatic rings. The lowest BCUT2D eigenvalue weighted by molar-refractivity contribution is 0.0947. The van der Waals surface area contributed by atoms with Gasteiger partial charge in [0.1, 0.15) is 5.69 Å². The number of benzene rings is 1. The van der Waals surface area contributed by atoms with E-state index in [1.165, 1.54) is 6.20 Å². The summed E-state index contributed by atoms with van der Waals surface area (Å²) in [5.41, 5.74) is 0.921. The molecule has 0 atom stereocenters. The third-order valence-electron chi connectivity index (χ3n) is 3.07. The van der Waals surface area contributed by atoms with Crippen LogP contribution in [0.2, 0.25) is 10.0 Å². The van der Waals surface area contributed by atoms with E-state index in [-0.39, 0.29) is 5.91 Å². The van der Waals surface area contributed by atoms with Crippen LogP contribution in [-0.4, -0.2) is 22.4 Å². The van der Waals surface area contributed by atoms with Gasteiger partial charge >= 0.3 is 0 Å². The van der Waals surface area contributed by atoms with Gasteiger partial charge in [-0.15, -0.1) is 0 Å². The first-order chi connectivity index (χ1) is 11.0. The number of carbonyl (C=O) groups is 1. The maximum atomic E-state index is 12.1. The summed E-state index contributed by atoms with van der Waals surface area (Å²) in [6.07, 6.45) is 2.44. The number of hydrogen-bond acceptors (Lipinski definition) is 4. The van der Waals surface area contributed by atoms with Gasteiger partial charge in [0, 0.05) is 17.8 Å². The molecular weight excluding hydrogens is 335 g/mol. The molecule has 1 heterocycles. The standard InChI is InChI=1S/C16H18Cl2N4O/c1-10(2)5-7-19-15(23)14-6-8-20-16(22-14)21-13-4-3-11(17)9-12(13)18/h3-4,6,8-10H,5,7H2,1-2H3,(H,19,23)(H,20,21,22). The minimum Gasteiger partial charge on any atom is -0.351 e. The summed E-state index contributed by atoms with van der Waals surface area (Å²) in [7, 11) is 0. The third kappa shape index (κ3) is 5.37. The van der Waals surface area contributed by atoms with Crippen molar-refractivity contribution < 1.29 is 4.79 Å². The van der Waals surface area contributed by atoms with Crippen molar-refractivity contribution in [2.45, 2.75) is 20.3 Å². The van der Waals surface area contributed by atoms with Gasteiger partial charge in [-0.25, -0.2) is 9.97 Å². The molecule has 23 heavy (non-hydrogen) atoms. The van der Waals surface area contributed by atoms with E-state index in [0.29, 0.717) is 39.8 Å². The summed E-state index contributed by atoms with van der Waals surface area (Å²) in [5, 5.41) is 6.81. The van der Waals surface area contributed by atoms with Crippen molar-refractivity contribution in [3.05, 3.63) is 46.2 Å². The van der Waals surface area contributed by atoms with Crippen LogP contribution in [0, 0.1) is 5.92 Å². The first kappa shape index (κ1) is 17.5. The Bertz CT molecular complexity index is 692. The Kier molecular flexibility index (Phi) is 6.19. The van der Waals surface area contributed by atoms with Crippen LogP contribution in [0.1, 0.15) is 30.8 Å². The minimum absolute atomic E-state index is 0.224. The number of amides is 1. The zero-order chi connectivity index (χ0) is 16.8. The number of hydrogen-bond donors (Lipinski definition) is 2. The largest absolute Gasteiger partial charge is 0.351 e. The molecular formula is C16H18Cl2N4O. The van der Waals surface area contributed by atoms with E-state index in [9.17, 15) is 4.79 Å². The van der Waals surface area contributed by atoms with Gasteiger partial charge in [-0.2, -0.15) is 0 Å². The summed E-state index contributed by atoms with van der Waals surface area (Å²) in [4.78, 5) is 20.4. The lowest BCUT2D eigenvalue weighted by Crippen LogP contribution is -2.26. The molecule has 0 bridgehead atoms. The molecule has 0 aliphatic heterocycles. The maximum Gasteiger partial charge on any atom is 0.270 e. The van der Waals surface area contributed by atoms with Gasteiger partial charge in [-0.3, -0.25) is 4.79 Å². The number of aromatic nitrogens is 2. The number of nitrogens with zero attached hydrogens (tertiary/aromatic N) is 2. The van der Waals surface area contributed by atoms with Crippen LogP contribution in [-0.2, 0) is 0 Å². The second-order valence-electron chi connectivity index (χ2n) is 5.45. The van der Waals surface area contributed by atoms with Crippen molar-refractivity contribution in [3.63, 3.8) is 0 Å². The van der Waals surface area contributed by atoms with Crippen LogP contribution >= 0.6 is 23.2 Å². The van der Waals surface area contributed by atoms with E-state index in [4.69, 9.17) is 23.2 Å². The molecule has 0 saturated heterocycles. The van der Waals surface area contributed by atoms with Crippen LogP contribution < -0.4 is 10.6 Å². The lowest BCUT2D eigenvalue weighted by atomic mass is 10.1. The smallest absolute Gasteiger partial charge is 0.270 e. The molecule has 2 aromatic rings. The molecule has 1 aromatic carbocycles. The average Bonchev–Trinajstić information content (AvgIpc) is 2.50. The normalized spacial score (nSPS) is 10.7. The topological polar surface area (TPSA) is 66.9 Å². The average molecular weight is 353 g/mol. The van der Waals surface area contributed by atoms with Crippen LogP contribution in [0.5, 0.6) is 0 Å². The summed E-state index contributed by atoms with van der Waals surface area (Å²) in [5.74, 6) is 0.606. The van der Waals surface area contributed by atoms with Crippen molar-refractivity contribution in [2.24, 2.45) is 5.92 Å². The Hall–Kier alpha value is -1.85. The van der Waals surface area contributed by atoms with Crippen molar-refractivity contribution in [2.75, 3.05) is 11.9 Å². The number of halogens is 2. The SMILES string of the molecule is CC(C)CCNC(=O)c1ccnc(Nc2ccc(Cl)cc2Cl)n1. The van der Waals surface area contributed by atoms with Crippen LogP contribution in [0.3, 0.4) is 0 Å². The van der Waals surface area contributed by atoms with E-state index in [0.717, 1.165) is 6.42 Å². The zero-order valence-electron chi connectivity index (χ0n) is 12.9. The fourth-order valence-corrected chi connectivity index (χ4v) is 2.28. The highest BCUT2D eigenvalue weighted by Crippen LogP contribution is 2.27. The third-order valence-corrected chi connectivity index (χ3v) is 3.62. The van der Waals surface area contributed by atoms with E-state index in [2.05, 4.69) is 34.4 Å². The highest BCUT2D eigenvalue weighted by molar-refractivity contribution is 6.36. The number of rotatable bonds is 6. The molecule has 0 aliphatic carbocycles. The zero-order valence-corrected chi connectivity index (χ0v) is 14.4. The molecule has 122 valence electrons. The Morgan fingerprint density at radius 1 is 1.26 bits per heavy atom. The Labute approximate surface area is 145 Å². The Balaban J connectivity index is 2.06. The minimum atomic E-state index is -0.224. The lowest BCUT2D eigenvalue weighted by Gasteiger charge is -2.09. The quantitative estimate of drug-likeness (QED) is 0.812. The van der Waals surface area contributed by atoms with Crippen molar-refractivity contribution in [3.8, 4) is 0 Å². The first-order valence-corrected chi connectivity index (χ1v) is 8.04. The van der Waals surface area contributed by atoms with Crippen LogP contribution in [0.4, 0.5) is 11.6 Å². The molecule has 0 spiro atoms. The van der Waals surface area contributed by atoms with E-state index in [1.807, 2.05) is 0 Å². The number of anilines is 2. The summed E-state index contributed by atoms with van der Waals surface area (Å²) >= 11 is 12.0. The summed E-state index contributed by atoms with van der Waals surface area (Å²) < 4.78 is 0. The van der Waals surface area contributed by atoms with Gasteiger partial charge in [0.2, 0.25) is 5.95 Å². The van der Waals surface area contributed by atoms with Gasteiger partial charge in [0.05, 0.1) is 10.7 Å². The fraction of sp³-hybridized carbons (Fsp3) is 0.312. The molecule has 7 heteroatoms. The highest BCUT2D eigenvalue weighted by atomic mass is 35.5.